The SMILES string of the molecule is CC(C)(C)OC(=O)N1c2ccccc2CC1C(=O)c1ccc(Cl)cc1. The minimum Gasteiger partial charge on any atom is -0.443 e. The Bertz CT molecular complexity index is 808. The van der Waals surface area contributed by atoms with E-state index in [0.717, 1.165) is 11.3 Å². The zero-order chi connectivity index (χ0) is 18.2. The van der Waals surface area contributed by atoms with Crippen molar-refractivity contribution in [3.8, 4) is 0 Å². The molecule has 0 aromatic heterocycles. The van der Waals surface area contributed by atoms with E-state index in [9.17, 15) is 9.59 Å². The monoisotopic (exact) mass is 357 g/mol. The van der Waals surface area contributed by atoms with Crippen molar-refractivity contribution in [2.24, 2.45) is 0 Å². The van der Waals surface area contributed by atoms with Crippen molar-refractivity contribution >= 4 is 29.2 Å². The number of benzene rings is 2. The summed E-state index contributed by atoms with van der Waals surface area (Å²) in [5, 5.41) is 0.565. The lowest BCUT2D eigenvalue weighted by Crippen LogP contribution is -2.45. The zero-order valence-corrected chi connectivity index (χ0v) is 15.2. The maximum Gasteiger partial charge on any atom is 0.415 e. The molecule has 25 heavy (non-hydrogen) atoms. The van der Waals surface area contributed by atoms with Gasteiger partial charge in [-0.3, -0.25) is 9.69 Å². The summed E-state index contributed by atoms with van der Waals surface area (Å²) in [5.74, 6) is -0.126. The van der Waals surface area contributed by atoms with Gasteiger partial charge in [-0.25, -0.2) is 4.79 Å². The average molecular weight is 358 g/mol. The Kier molecular flexibility index (Phi) is 4.56. The molecular weight excluding hydrogens is 338 g/mol. The fourth-order valence-electron chi connectivity index (χ4n) is 2.94. The molecule has 0 radical (unpaired) electrons. The van der Waals surface area contributed by atoms with Crippen LogP contribution in [0, 0.1) is 0 Å². The smallest absolute Gasteiger partial charge is 0.415 e. The Morgan fingerprint density at radius 3 is 2.36 bits per heavy atom. The number of Topliss-reactive ketones (excluding diaryl/α,β-unsaturated/α-hetero) is 1. The van der Waals surface area contributed by atoms with Crippen LogP contribution in [0.4, 0.5) is 10.5 Å². The Morgan fingerprint density at radius 1 is 1.08 bits per heavy atom. The van der Waals surface area contributed by atoms with Gasteiger partial charge in [-0.1, -0.05) is 29.8 Å². The van der Waals surface area contributed by atoms with E-state index in [2.05, 4.69) is 0 Å². The second-order valence-electron chi connectivity index (χ2n) is 7.07. The fraction of sp³-hybridized carbons (Fsp3) is 0.300. The number of carbonyl (C=O) groups excluding carboxylic acids is 2. The minimum absolute atomic E-state index is 0.126. The highest BCUT2D eigenvalue weighted by atomic mass is 35.5. The first-order valence-corrected chi connectivity index (χ1v) is 8.54. The standard InChI is InChI=1S/C20H20ClNO3/c1-20(2,3)25-19(24)22-16-7-5-4-6-14(16)12-17(22)18(23)13-8-10-15(21)11-9-13/h4-11,17H,12H2,1-3H3. The van der Waals surface area contributed by atoms with Crippen molar-refractivity contribution in [1.82, 2.24) is 0 Å². The van der Waals surface area contributed by atoms with E-state index < -0.39 is 17.7 Å². The van der Waals surface area contributed by atoms with Crippen molar-refractivity contribution in [1.29, 1.82) is 0 Å². The summed E-state index contributed by atoms with van der Waals surface area (Å²) in [6, 6.07) is 13.6. The van der Waals surface area contributed by atoms with Crippen molar-refractivity contribution in [2.75, 3.05) is 4.90 Å². The number of amides is 1. The molecule has 1 unspecified atom stereocenters. The largest absolute Gasteiger partial charge is 0.443 e. The molecule has 0 bridgehead atoms. The van der Waals surface area contributed by atoms with Crippen molar-refractivity contribution in [3.63, 3.8) is 0 Å². The molecule has 1 atom stereocenters. The highest BCUT2D eigenvalue weighted by Crippen LogP contribution is 2.34. The molecule has 4 nitrogen and oxygen atoms in total. The van der Waals surface area contributed by atoms with Crippen LogP contribution in [-0.4, -0.2) is 23.5 Å². The molecule has 2 aromatic carbocycles. The van der Waals surface area contributed by atoms with Crippen LogP contribution in [-0.2, 0) is 11.2 Å². The Hall–Kier alpha value is -2.33. The van der Waals surface area contributed by atoms with Crippen LogP contribution in [0.2, 0.25) is 5.02 Å². The lowest BCUT2D eigenvalue weighted by molar-refractivity contribution is 0.0559. The first-order valence-electron chi connectivity index (χ1n) is 8.16. The number of ether oxygens (including phenoxy) is 1. The zero-order valence-electron chi connectivity index (χ0n) is 14.5. The molecule has 0 saturated heterocycles. The topological polar surface area (TPSA) is 46.6 Å². The molecule has 130 valence electrons. The second-order valence-corrected chi connectivity index (χ2v) is 7.51. The average Bonchev–Trinajstić information content (AvgIpc) is 2.93. The third-order valence-electron chi connectivity index (χ3n) is 4.00. The van der Waals surface area contributed by atoms with E-state index in [-0.39, 0.29) is 5.78 Å². The van der Waals surface area contributed by atoms with Gasteiger partial charge in [0.2, 0.25) is 0 Å². The van der Waals surface area contributed by atoms with E-state index in [0.29, 0.717) is 17.0 Å². The van der Waals surface area contributed by atoms with E-state index in [4.69, 9.17) is 16.3 Å². The first kappa shape index (κ1) is 17.5. The van der Waals surface area contributed by atoms with Gasteiger partial charge in [0.25, 0.3) is 0 Å². The number of ketones is 1. The Labute approximate surface area is 152 Å². The van der Waals surface area contributed by atoms with E-state index in [1.165, 1.54) is 4.90 Å². The molecule has 2 aromatic rings. The lowest BCUT2D eigenvalue weighted by atomic mass is 10.0. The number of anilines is 1. The minimum atomic E-state index is -0.636. The molecule has 1 heterocycles. The molecule has 0 fully saturated rings. The van der Waals surface area contributed by atoms with Crippen LogP contribution < -0.4 is 4.90 Å². The van der Waals surface area contributed by atoms with Gasteiger partial charge in [0.15, 0.2) is 5.78 Å². The van der Waals surface area contributed by atoms with Crippen molar-refractivity contribution in [2.45, 2.75) is 38.8 Å². The Morgan fingerprint density at radius 2 is 1.72 bits per heavy atom. The number of fused-ring (bicyclic) bond motifs is 1. The summed E-state index contributed by atoms with van der Waals surface area (Å²) < 4.78 is 5.53. The highest BCUT2D eigenvalue weighted by molar-refractivity contribution is 6.30. The quantitative estimate of drug-likeness (QED) is 0.719. The highest BCUT2D eigenvalue weighted by Gasteiger charge is 2.40. The maximum atomic E-state index is 13.0. The van der Waals surface area contributed by atoms with Gasteiger partial charge < -0.3 is 4.74 Å². The molecule has 5 heteroatoms. The van der Waals surface area contributed by atoms with Crippen LogP contribution in [0.15, 0.2) is 48.5 Å². The molecule has 1 amide bonds. The van der Waals surface area contributed by atoms with Gasteiger partial charge in [0, 0.05) is 17.0 Å². The third-order valence-corrected chi connectivity index (χ3v) is 4.25. The summed E-state index contributed by atoms with van der Waals surface area (Å²) >= 11 is 5.90. The number of para-hydroxylation sites is 1. The van der Waals surface area contributed by atoms with Gasteiger partial charge in [0.1, 0.15) is 11.6 Å². The van der Waals surface area contributed by atoms with Gasteiger partial charge in [-0.05, 0) is 56.7 Å². The van der Waals surface area contributed by atoms with Crippen LogP contribution in [0.3, 0.4) is 0 Å². The van der Waals surface area contributed by atoms with Crippen LogP contribution in [0.5, 0.6) is 0 Å². The van der Waals surface area contributed by atoms with Crippen LogP contribution in [0.1, 0.15) is 36.7 Å². The summed E-state index contributed by atoms with van der Waals surface area (Å²) in [7, 11) is 0. The molecule has 0 N–H and O–H groups in total. The molecule has 3 rings (SSSR count). The number of hydrogen-bond acceptors (Lipinski definition) is 3. The van der Waals surface area contributed by atoms with Gasteiger partial charge in [0.05, 0.1) is 5.69 Å². The van der Waals surface area contributed by atoms with Crippen molar-refractivity contribution in [3.05, 3.63) is 64.7 Å². The predicted octanol–water partition coefficient (Wildman–Crippen LogP) is 4.89. The van der Waals surface area contributed by atoms with Gasteiger partial charge in [-0.2, -0.15) is 0 Å². The van der Waals surface area contributed by atoms with E-state index >= 15 is 0 Å². The number of rotatable bonds is 2. The number of carbonyl (C=O) groups is 2. The third kappa shape index (κ3) is 3.69. The Balaban J connectivity index is 1.96. The molecule has 0 spiro atoms. The van der Waals surface area contributed by atoms with Crippen LogP contribution in [0.25, 0.3) is 0 Å². The van der Waals surface area contributed by atoms with E-state index in [1.54, 1.807) is 24.3 Å². The number of nitrogens with zero attached hydrogens (tertiary/aromatic N) is 1. The molecule has 0 aliphatic carbocycles. The van der Waals surface area contributed by atoms with Gasteiger partial charge in [-0.15, -0.1) is 0 Å². The fourth-order valence-corrected chi connectivity index (χ4v) is 3.07. The normalized spacial score (nSPS) is 16.5. The van der Waals surface area contributed by atoms with Crippen molar-refractivity contribution < 1.29 is 14.3 Å². The maximum absolute atomic E-state index is 13.0. The molecule has 0 saturated carbocycles. The van der Waals surface area contributed by atoms with E-state index in [1.807, 2.05) is 45.0 Å². The van der Waals surface area contributed by atoms with Crippen LogP contribution >= 0.6 is 11.6 Å². The predicted molar refractivity (Wildman–Crippen MR) is 98.4 cm³/mol. The first-order chi connectivity index (χ1) is 11.8. The molecule has 1 aliphatic rings. The summed E-state index contributed by atoms with van der Waals surface area (Å²) in [6.07, 6.45) is -0.0404. The van der Waals surface area contributed by atoms with Gasteiger partial charge >= 0.3 is 6.09 Å². The summed E-state index contributed by atoms with van der Waals surface area (Å²) in [5.41, 5.74) is 1.57. The lowest BCUT2D eigenvalue weighted by Gasteiger charge is -2.28. The molecule has 1 aliphatic heterocycles. The number of halogens is 1. The summed E-state index contributed by atoms with van der Waals surface area (Å²) in [6.45, 7) is 5.43. The second kappa shape index (κ2) is 6.52. The number of hydrogen-bond donors (Lipinski definition) is 0. The summed E-state index contributed by atoms with van der Waals surface area (Å²) in [4.78, 5) is 27.2. The molecular formula is C20H20ClNO3.